The Morgan fingerprint density at radius 2 is 2.11 bits per heavy atom. The zero-order valence-electron chi connectivity index (χ0n) is 5.46. The molecule has 0 fully saturated rings. The molecule has 0 aromatic rings. The summed E-state index contributed by atoms with van der Waals surface area (Å²) in [6.07, 6.45) is 0.142. The minimum Gasteiger partial charge on any atom is -0.460 e. The Labute approximate surface area is 53.4 Å². The van der Waals surface area contributed by atoms with Gasteiger partial charge >= 0.3 is 5.97 Å². The van der Waals surface area contributed by atoms with Crippen molar-refractivity contribution in [3.8, 4) is 0 Å². The number of carbonyl (C=O) groups is 2. The van der Waals surface area contributed by atoms with E-state index >= 15 is 0 Å². The van der Waals surface area contributed by atoms with Crippen molar-refractivity contribution in [2.45, 2.75) is 6.92 Å². The van der Waals surface area contributed by atoms with Crippen LogP contribution in [0, 0.1) is 0 Å². The van der Waals surface area contributed by atoms with Crippen LogP contribution in [0.3, 0.4) is 0 Å². The largest absolute Gasteiger partial charge is 0.460 e. The van der Waals surface area contributed by atoms with Crippen molar-refractivity contribution in [2.75, 3.05) is 13.7 Å². The highest BCUT2D eigenvalue weighted by atomic mass is 16.5. The summed E-state index contributed by atoms with van der Waals surface area (Å²) >= 11 is 0. The van der Waals surface area contributed by atoms with E-state index in [2.05, 4.69) is 4.74 Å². The van der Waals surface area contributed by atoms with Gasteiger partial charge in [0.15, 0.2) is 0 Å². The third-order valence-electron chi connectivity index (χ3n) is 0.383. The first-order valence-corrected chi connectivity index (χ1v) is 2.38. The molecule has 0 radical (unpaired) electrons. The van der Waals surface area contributed by atoms with Crippen LogP contribution in [0.4, 0.5) is 0 Å². The van der Waals surface area contributed by atoms with Crippen molar-refractivity contribution in [1.29, 1.82) is 0 Å². The molecule has 0 saturated heterocycles. The summed E-state index contributed by atoms with van der Waals surface area (Å²) in [6, 6.07) is 0. The van der Waals surface area contributed by atoms with Crippen LogP contribution in [-0.2, 0) is 14.3 Å². The van der Waals surface area contributed by atoms with E-state index in [1.807, 2.05) is 0 Å². The Bertz CT molecular complexity index is 79.0. The van der Waals surface area contributed by atoms with Crippen LogP contribution >= 0.6 is 0 Å². The molecule has 0 aliphatic heterocycles. The summed E-state index contributed by atoms with van der Waals surface area (Å²) in [4.78, 5) is 19.2. The van der Waals surface area contributed by atoms with E-state index < -0.39 is 5.97 Å². The second-order valence-corrected chi connectivity index (χ2v) is 0.870. The molecule has 1 N–H and O–H groups in total. The van der Waals surface area contributed by atoms with Crippen LogP contribution in [0.2, 0.25) is 0 Å². The molecule has 0 saturated carbocycles. The number of hydrogen-bond donors (Lipinski definition) is 1. The minimum absolute atomic E-state index is 0.142. The number of aliphatic hydroxyl groups is 1. The molecular weight excluding hydrogens is 124 g/mol. The molecule has 4 nitrogen and oxygen atoms in total. The highest BCUT2D eigenvalue weighted by Crippen LogP contribution is 1.68. The SMILES string of the molecule is CCOC(=O)C=O.CO. The predicted octanol–water partition coefficient (Wildman–Crippen LogP) is -0.643. The van der Waals surface area contributed by atoms with Crippen LogP contribution in [0.25, 0.3) is 0 Å². The van der Waals surface area contributed by atoms with Crippen molar-refractivity contribution in [3.05, 3.63) is 0 Å². The predicted molar refractivity (Wildman–Crippen MR) is 30.8 cm³/mol. The number of carbonyl (C=O) groups excluding carboxylic acids is 2. The minimum atomic E-state index is -0.803. The summed E-state index contributed by atoms with van der Waals surface area (Å²) in [7, 11) is 1.00. The quantitative estimate of drug-likeness (QED) is 0.310. The Kier molecular flexibility index (Phi) is 12.4. The van der Waals surface area contributed by atoms with E-state index in [9.17, 15) is 9.59 Å². The van der Waals surface area contributed by atoms with Gasteiger partial charge in [0.25, 0.3) is 0 Å². The van der Waals surface area contributed by atoms with E-state index in [1.54, 1.807) is 6.92 Å². The fourth-order valence-electron chi connectivity index (χ4n) is 0.176. The summed E-state index contributed by atoms with van der Waals surface area (Å²) < 4.78 is 4.18. The molecule has 0 aliphatic carbocycles. The van der Waals surface area contributed by atoms with E-state index in [-0.39, 0.29) is 12.9 Å². The van der Waals surface area contributed by atoms with Gasteiger partial charge in [-0.15, -0.1) is 0 Å². The fraction of sp³-hybridized carbons (Fsp3) is 0.600. The van der Waals surface area contributed by atoms with Gasteiger partial charge in [-0.3, -0.25) is 4.79 Å². The van der Waals surface area contributed by atoms with Gasteiger partial charge in [0.1, 0.15) is 0 Å². The zero-order valence-corrected chi connectivity index (χ0v) is 5.46. The van der Waals surface area contributed by atoms with Gasteiger partial charge < -0.3 is 9.84 Å². The number of aliphatic hydroxyl groups excluding tert-OH is 1. The molecule has 0 atom stereocenters. The lowest BCUT2D eigenvalue weighted by Gasteiger charge is -1.88. The monoisotopic (exact) mass is 134 g/mol. The Morgan fingerprint density at radius 3 is 2.22 bits per heavy atom. The summed E-state index contributed by atoms with van der Waals surface area (Å²) in [5, 5.41) is 7.00. The van der Waals surface area contributed by atoms with Gasteiger partial charge in [0, 0.05) is 7.11 Å². The highest BCUT2D eigenvalue weighted by molar-refractivity contribution is 6.20. The number of aldehydes is 1. The first-order valence-electron chi connectivity index (χ1n) is 2.38. The molecule has 0 aromatic heterocycles. The summed E-state index contributed by atoms with van der Waals surface area (Å²) in [6.45, 7) is 1.90. The molecule has 0 aliphatic rings. The summed E-state index contributed by atoms with van der Waals surface area (Å²) in [5.41, 5.74) is 0. The lowest BCUT2D eigenvalue weighted by Crippen LogP contribution is -2.03. The molecular formula is C5H10O4. The van der Waals surface area contributed by atoms with Crippen molar-refractivity contribution in [2.24, 2.45) is 0 Å². The lowest BCUT2D eigenvalue weighted by atomic mass is 10.7. The number of esters is 1. The van der Waals surface area contributed by atoms with Gasteiger partial charge in [0.2, 0.25) is 6.29 Å². The van der Waals surface area contributed by atoms with Gasteiger partial charge in [0.05, 0.1) is 6.61 Å². The lowest BCUT2D eigenvalue weighted by molar-refractivity contribution is -0.148. The van der Waals surface area contributed by atoms with E-state index in [0.29, 0.717) is 0 Å². The number of rotatable bonds is 2. The van der Waals surface area contributed by atoms with E-state index in [0.717, 1.165) is 7.11 Å². The molecule has 9 heavy (non-hydrogen) atoms. The molecule has 0 amide bonds. The number of hydrogen-bond acceptors (Lipinski definition) is 4. The molecule has 0 spiro atoms. The van der Waals surface area contributed by atoms with Crippen LogP contribution in [0.1, 0.15) is 6.92 Å². The van der Waals surface area contributed by atoms with E-state index in [4.69, 9.17) is 5.11 Å². The van der Waals surface area contributed by atoms with Crippen LogP contribution in [0.15, 0.2) is 0 Å². The van der Waals surface area contributed by atoms with Gasteiger partial charge in [-0.05, 0) is 6.92 Å². The Balaban J connectivity index is 0. The summed E-state index contributed by atoms with van der Waals surface area (Å²) in [5.74, 6) is -0.803. The van der Waals surface area contributed by atoms with Gasteiger partial charge in [-0.1, -0.05) is 0 Å². The maximum Gasteiger partial charge on any atom is 0.371 e. The first-order chi connectivity index (χ1) is 4.31. The third kappa shape index (κ3) is 11.0. The first kappa shape index (κ1) is 11.0. The van der Waals surface area contributed by atoms with Crippen molar-refractivity contribution in [1.82, 2.24) is 0 Å². The second kappa shape index (κ2) is 10.2. The molecule has 0 aromatic carbocycles. The fourth-order valence-corrected chi connectivity index (χ4v) is 0.176. The van der Waals surface area contributed by atoms with Gasteiger partial charge in [-0.2, -0.15) is 0 Å². The molecule has 54 valence electrons. The molecule has 4 heteroatoms. The zero-order chi connectivity index (χ0) is 7.70. The molecule has 0 rings (SSSR count). The topological polar surface area (TPSA) is 63.6 Å². The van der Waals surface area contributed by atoms with Gasteiger partial charge in [-0.25, -0.2) is 4.79 Å². The Hall–Kier alpha value is -0.900. The van der Waals surface area contributed by atoms with Crippen LogP contribution in [0.5, 0.6) is 0 Å². The molecule has 0 unspecified atom stereocenters. The van der Waals surface area contributed by atoms with Crippen molar-refractivity contribution in [3.63, 3.8) is 0 Å². The second-order valence-electron chi connectivity index (χ2n) is 0.870. The average molecular weight is 134 g/mol. The maximum absolute atomic E-state index is 9.82. The van der Waals surface area contributed by atoms with E-state index in [1.165, 1.54) is 0 Å². The normalized spacial score (nSPS) is 6.56. The molecule has 0 heterocycles. The maximum atomic E-state index is 9.82. The van der Waals surface area contributed by atoms with Crippen molar-refractivity contribution >= 4 is 12.3 Å². The van der Waals surface area contributed by atoms with Crippen LogP contribution in [-0.4, -0.2) is 31.1 Å². The molecule has 0 bridgehead atoms. The average Bonchev–Trinajstić information content (AvgIpc) is 1.93. The standard InChI is InChI=1S/C4H6O3.CH4O/c1-2-7-4(6)3-5;1-2/h3H,2H2,1H3;2H,1H3. The smallest absolute Gasteiger partial charge is 0.371 e. The van der Waals surface area contributed by atoms with Crippen LogP contribution < -0.4 is 0 Å². The number of ether oxygens (including phenoxy) is 1. The third-order valence-corrected chi connectivity index (χ3v) is 0.383. The Morgan fingerprint density at radius 1 is 1.67 bits per heavy atom. The van der Waals surface area contributed by atoms with Crippen molar-refractivity contribution < 1.29 is 19.4 Å². The highest BCUT2D eigenvalue weighted by Gasteiger charge is 1.91.